The molecular weight excluding hydrogens is 684 g/mol. The molecule has 16 nitrogen and oxygen atoms in total. The normalized spacial score (nSPS) is 15.3. The molecule has 2 aliphatic rings. The minimum atomic E-state index is -0.805. The maximum Gasteiger partial charge on any atom is 0.289 e. The lowest BCUT2D eigenvalue weighted by Crippen LogP contribution is -2.52. The summed E-state index contributed by atoms with van der Waals surface area (Å²) in [6.07, 6.45) is 0.322. The summed E-state index contributed by atoms with van der Waals surface area (Å²) < 4.78 is 1.44. The molecule has 1 saturated heterocycles. The van der Waals surface area contributed by atoms with Gasteiger partial charge in [-0.05, 0) is 67.3 Å². The van der Waals surface area contributed by atoms with E-state index in [1.54, 1.807) is 43.3 Å². The number of imide groups is 1. The van der Waals surface area contributed by atoms with E-state index in [1.807, 2.05) is 13.8 Å². The van der Waals surface area contributed by atoms with Crippen LogP contribution in [0.3, 0.4) is 0 Å². The number of nitrogens with zero attached hydrogens (tertiary/aromatic N) is 5. The quantitative estimate of drug-likeness (QED) is 0.151. The third-order valence-electron chi connectivity index (χ3n) is 9.17. The number of phenols is 2. The number of hydrogen-bond donors (Lipinski definition) is 5. The number of phenolic OH excluding ortho intramolecular Hbond substituents is 2. The fourth-order valence-electron chi connectivity index (χ4n) is 6.48. The van der Waals surface area contributed by atoms with Crippen molar-refractivity contribution >= 4 is 41.1 Å². The highest BCUT2D eigenvalue weighted by molar-refractivity contribution is 6.07. The van der Waals surface area contributed by atoms with Crippen LogP contribution >= 0.6 is 0 Å². The second-order valence-corrected chi connectivity index (χ2v) is 13.1. The molecule has 3 heterocycles. The molecule has 1 atom stereocenters. The Labute approximate surface area is 303 Å². The van der Waals surface area contributed by atoms with Crippen LogP contribution in [0.1, 0.15) is 82.0 Å². The molecule has 5 N–H and O–H groups in total. The van der Waals surface area contributed by atoms with Gasteiger partial charge in [0.2, 0.25) is 23.5 Å². The van der Waals surface area contributed by atoms with Crippen LogP contribution in [0.5, 0.6) is 11.5 Å². The zero-order chi connectivity index (χ0) is 38.1. The molecular formula is C37H38N8O8. The van der Waals surface area contributed by atoms with Crippen LogP contribution in [0.15, 0.2) is 54.6 Å². The molecule has 0 aliphatic carbocycles. The first-order valence-corrected chi connectivity index (χ1v) is 17.0. The van der Waals surface area contributed by atoms with E-state index in [9.17, 15) is 39.0 Å². The van der Waals surface area contributed by atoms with Gasteiger partial charge in [-0.15, -0.1) is 10.2 Å². The van der Waals surface area contributed by atoms with Crippen LogP contribution in [-0.4, -0.2) is 96.4 Å². The number of nitrogens with one attached hydrogen (secondary N) is 3. The van der Waals surface area contributed by atoms with Crippen molar-refractivity contribution in [2.45, 2.75) is 52.1 Å². The molecule has 274 valence electrons. The minimum absolute atomic E-state index is 0.0670. The van der Waals surface area contributed by atoms with Gasteiger partial charge in [0.1, 0.15) is 17.5 Å². The van der Waals surface area contributed by atoms with Crippen LogP contribution in [0.25, 0.3) is 17.1 Å². The zero-order valence-corrected chi connectivity index (χ0v) is 29.5. The molecule has 6 amide bonds. The lowest BCUT2D eigenvalue weighted by atomic mass is 9.98. The van der Waals surface area contributed by atoms with Gasteiger partial charge in [0.05, 0.1) is 12.1 Å². The minimum Gasteiger partial charge on any atom is -0.508 e. The predicted molar refractivity (Wildman–Crippen MR) is 190 cm³/mol. The molecule has 1 fully saturated rings. The van der Waals surface area contributed by atoms with E-state index in [1.165, 1.54) is 39.6 Å². The zero-order valence-electron chi connectivity index (χ0n) is 29.5. The average molecular weight is 723 g/mol. The molecule has 0 bridgehead atoms. The lowest BCUT2D eigenvalue weighted by Gasteiger charge is -2.29. The number of carbonyl (C=O) groups is 6. The van der Waals surface area contributed by atoms with Crippen molar-refractivity contribution in [3.05, 3.63) is 82.7 Å². The monoisotopic (exact) mass is 722 g/mol. The van der Waals surface area contributed by atoms with Crippen molar-refractivity contribution in [2.24, 2.45) is 0 Å². The van der Waals surface area contributed by atoms with E-state index in [-0.39, 0.29) is 77.9 Å². The van der Waals surface area contributed by atoms with E-state index >= 15 is 0 Å². The summed E-state index contributed by atoms with van der Waals surface area (Å²) in [5, 5.41) is 37.2. The standard InChI is InChI=1S/C37H38N8O8/c1-5-38-35(51)33-42-41-32(24-15-23(19(2)3)28(46)16-29(24)47)45(33)21-11-9-20(10-12-21)36(52)43(4)18-31(49)39-26-8-6-7-22-25(26)17-44(37(22)53)27-13-14-30(48)40-34(27)50/h6-12,15-16,19,27,46-47H,5,13-14,17-18H2,1-4H3,(H,38,51)(H,39,49)(H,40,48,50). The second-order valence-electron chi connectivity index (χ2n) is 13.1. The molecule has 6 rings (SSSR count). The summed E-state index contributed by atoms with van der Waals surface area (Å²) in [5.41, 5.74) is 2.66. The highest BCUT2D eigenvalue weighted by Crippen LogP contribution is 2.38. The SMILES string of the molecule is CCNC(=O)c1nnc(-c2cc(C(C)C)c(O)cc2O)n1-c1ccc(C(=O)N(C)CC(=O)Nc2cccc3c2CN(C2CCC(=O)NC2=O)C3=O)cc1. The first-order chi connectivity index (χ1) is 25.3. The predicted octanol–water partition coefficient (Wildman–Crippen LogP) is 2.69. The summed E-state index contributed by atoms with van der Waals surface area (Å²) in [5.74, 6) is -3.20. The van der Waals surface area contributed by atoms with Crippen molar-refractivity contribution < 1.29 is 39.0 Å². The number of hydrogen-bond acceptors (Lipinski definition) is 10. The fraction of sp³-hybridized carbons (Fsp3) is 0.297. The molecule has 0 spiro atoms. The van der Waals surface area contributed by atoms with Crippen LogP contribution in [-0.2, 0) is 20.9 Å². The van der Waals surface area contributed by atoms with Gasteiger partial charge in [-0.3, -0.25) is 38.7 Å². The van der Waals surface area contributed by atoms with E-state index in [0.29, 0.717) is 34.6 Å². The number of rotatable bonds is 10. The summed E-state index contributed by atoms with van der Waals surface area (Å²) in [6.45, 7) is 5.57. The van der Waals surface area contributed by atoms with Gasteiger partial charge in [0.15, 0.2) is 5.82 Å². The van der Waals surface area contributed by atoms with Crippen molar-refractivity contribution in [2.75, 3.05) is 25.5 Å². The van der Waals surface area contributed by atoms with Gasteiger partial charge in [0, 0.05) is 60.7 Å². The molecule has 1 unspecified atom stereocenters. The average Bonchev–Trinajstić information content (AvgIpc) is 3.70. The Morgan fingerprint density at radius 1 is 1.00 bits per heavy atom. The van der Waals surface area contributed by atoms with Crippen LogP contribution < -0.4 is 16.0 Å². The summed E-state index contributed by atoms with van der Waals surface area (Å²) >= 11 is 0. The highest BCUT2D eigenvalue weighted by atomic mass is 16.3. The Morgan fingerprint density at radius 3 is 2.42 bits per heavy atom. The summed E-state index contributed by atoms with van der Waals surface area (Å²) in [6, 6.07) is 13.0. The molecule has 0 saturated carbocycles. The fourth-order valence-corrected chi connectivity index (χ4v) is 6.48. The maximum absolute atomic E-state index is 13.4. The van der Waals surface area contributed by atoms with E-state index < -0.39 is 29.7 Å². The number of benzene rings is 3. The van der Waals surface area contributed by atoms with Crippen molar-refractivity contribution in [1.82, 2.24) is 35.2 Å². The third kappa shape index (κ3) is 7.02. The number of likely N-dealkylation sites (N-methyl/N-ethyl adjacent to an activating group) is 1. The number of aromatic hydroxyl groups is 2. The van der Waals surface area contributed by atoms with Crippen LogP contribution in [0.2, 0.25) is 0 Å². The number of carbonyl (C=O) groups excluding carboxylic acids is 6. The summed E-state index contributed by atoms with van der Waals surface area (Å²) in [4.78, 5) is 79.5. The van der Waals surface area contributed by atoms with Gasteiger partial charge in [-0.25, -0.2) is 0 Å². The topological polar surface area (TPSA) is 216 Å². The number of amides is 6. The number of anilines is 1. The highest BCUT2D eigenvalue weighted by Gasteiger charge is 2.40. The number of fused-ring (bicyclic) bond motifs is 1. The van der Waals surface area contributed by atoms with Gasteiger partial charge in [-0.2, -0.15) is 0 Å². The second kappa shape index (κ2) is 14.6. The Bertz CT molecular complexity index is 2160. The van der Waals surface area contributed by atoms with Crippen LogP contribution in [0, 0.1) is 0 Å². The first kappa shape index (κ1) is 36.2. The van der Waals surface area contributed by atoms with E-state index in [4.69, 9.17) is 0 Å². The van der Waals surface area contributed by atoms with E-state index in [0.717, 1.165) is 0 Å². The molecule has 4 aromatic rings. The number of aromatic nitrogens is 3. The van der Waals surface area contributed by atoms with Gasteiger partial charge in [0.25, 0.3) is 17.7 Å². The molecule has 3 aromatic carbocycles. The first-order valence-electron chi connectivity index (χ1n) is 17.0. The lowest BCUT2D eigenvalue weighted by molar-refractivity contribution is -0.137. The third-order valence-corrected chi connectivity index (χ3v) is 9.17. The Kier molecular flexibility index (Phi) is 9.96. The molecule has 16 heteroatoms. The Hall–Kier alpha value is -6.58. The summed E-state index contributed by atoms with van der Waals surface area (Å²) in [7, 11) is 1.46. The maximum atomic E-state index is 13.4. The smallest absolute Gasteiger partial charge is 0.289 e. The molecule has 1 aromatic heterocycles. The van der Waals surface area contributed by atoms with Crippen LogP contribution in [0.4, 0.5) is 5.69 Å². The van der Waals surface area contributed by atoms with Gasteiger partial charge >= 0.3 is 0 Å². The molecule has 0 radical (unpaired) electrons. The molecule has 2 aliphatic heterocycles. The van der Waals surface area contributed by atoms with Gasteiger partial charge in [-0.1, -0.05) is 19.9 Å². The van der Waals surface area contributed by atoms with Gasteiger partial charge < -0.3 is 30.6 Å². The molecule has 53 heavy (non-hydrogen) atoms. The van der Waals surface area contributed by atoms with Crippen molar-refractivity contribution in [3.8, 4) is 28.6 Å². The number of piperidine rings is 1. The van der Waals surface area contributed by atoms with Crippen molar-refractivity contribution in [1.29, 1.82) is 0 Å². The van der Waals surface area contributed by atoms with E-state index in [2.05, 4.69) is 26.1 Å². The Morgan fingerprint density at radius 2 is 1.74 bits per heavy atom. The largest absolute Gasteiger partial charge is 0.508 e. The van der Waals surface area contributed by atoms with Crippen molar-refractivity contribution in [3.63, 3.8) is 0 Å². The Balaban J connectivity index is 1.19.